The van der Waals surface area contributed by atoms with Crippen LogP contribution in [-0.4, -0.2) is 24.3 Å². The smallest absolute Gasteiger partial charge is 0.122 e. The standard InChI is InChI=1S/C20H33NO2/c1-3-4-5-6-7-8-13-21-16(2)20(22)18-11-12-19-17(15-18)10-9-14-23-19/h11-12,15-16,20-22H,3-10,13-14H2,1-2H3/t16-,20-/m1/s1. The van der Waals surface area contributed by atoms with Gasteiger partial charge in [-0.05, 0) is 56.0 Å². The number of aryl methyl sites for hydroxylation is 1. The zero-order chi connectivity index (χ0) is 16.5. The van der Waals surface area contributed by atoms with Gasteiger partial charge in [-0.15, -0.1) is 0 Å². The van der Waals surface area contributed by atoms with E-state index in [1.807, 2.05) is 12.1 Å². The predicted octanol–water partition coefficient (Wildman–Crippen LogP) is 4.38. The molecule has 3 nitrogen and oxygen atoms in total. The molecule has 0 spiro atoms. The number of fused-ring (bicyclic) bond motifs is 1. The van der Waals surface area contributed by atoms with Crippen LogP contribution in [0, 0.1) is 0 Å². The first-order chi connectivity index (χ1) is 11.2. The van der Waals surface area contributed by atoms with Gasteiger partial charge in [-0.2, -0.15) is 0 Å². The minimum Gasteiger partial charge on any atom is -0.493 e. The summed E-state index contributed by atoms with van der Waals surface area (Å²) >= 11 is 0. The second-order valence-corrected chi connectivity index (χ2v) is 6.77. The van der Waals surface area contributed by atoms with Crippen LogP contribution in [0.15, 0.2) is 18.2 Å². The molecule has 0 saturated heterocycles. The summed E-state index contributed by atoms with van der Waals surface area (Å²) in [5.41, 5.74) is 2.23. The molecule has 23 heavy (non-hydrogen) atoms. The predicted molar refractivity (Wildman–Crippen MR) is 96.1 cm³/mol. The van der Waals surface area contributed by atoms with Crippen molar-refractivity contribution < 1.29 is 9.84 Å². The molecule has 0 saturated carbocycles. The summed E-state index contributed by atoms with van der Waals surface area (Å²) in [6.07, 6.45) is 9.47. The summed E-state index contributed by atoms with van der Waals surface area (Å²) in [5.74, 6) is 0.986. The lowest BCUT2D eigenvalue weighted by molar-refractivity contribution is 0.135. The summed E-state index contributed by atoms with van der Waals surface area (Å²) < 4.78 is 5.64. The summed E-state index contributed by atoms with van der Waals surface area (Å²) in [6, 6.07) is 6.20. The molecule has 0 aliphatic carbocycles. The van der Waals surface area contributed by atoms with E-state index in [1.54, 1.807) is 0 Å². The average molecular weight is 319 g/mol. The van der Waals surface area contributed by atoms with Gasteiger partial charge >= 0.3 is 0 Å². The molecule has 0 unspecified atom stereocenters. The van der Waals surface area contributed by atoms with Crippen molar-refractivity contribution in [3.05, 3.63) is 29.3 Å². The molecule has 0 aromatic heterocycles. The van der Waals surface area contributed by atoms with E-state index in [0.717, 1.165) is 37.3 Å². The Hall–Kier alpha value is -1.06. The van der Waals surface area contributed by atoms with Crippen LogP contribution in [0.4, 0.5) is 0 Å². The molecule has 1 aromatic carbocycles. The number of aliphatic hydroxyl groups excluding tert-OH is 1. The van der Waals surface area contributed by atoms with Gasteiger partial charge in [0.05, 0.1) is 12.7 Å². The van der Waals surface area contributed by atoms with Crippen LogP contribution in [0.5, 0.6) is 5.75 Å². The maximum atomic E-state index is 10.6. The van der Waals surface area contributed by atoms with E-state index in [1.165, 1.54) is 44.1 Å². The van der Waals surface area contributed by atoms with Crippen LogP contribution in [-0.2, 0) is 6.42 Å². The third-order valence-corrected chi connectivity index (χ3v) is 4.74. The highest BCUT2D eigenvalue weighted by Gasteiger charge is 2.18. The second kappa shape index (κ2) is 9.94. The molecule has 0 fully saturated rings. The van der Waals surface area contributed by atoms with Crippen molar-refractivity contribution in [3.8, 4) is 5.75 Å². The molecule has 3 heteroatoms. The molecule has 2 rings (SSSR count). The summed E-state index contributed by atoms with van der Waals surface area (Å²) in [5, 5.41) is 14.0. The van der Waals surface area contributed by atoms with E-state index in [-0.39, 0.29) is 6.04 Å². The van der Waals surface area contributed by atoms with Crippen molar-refractivity contribution in [2.24, 2.45) is 0 Å². The second-order valence-electron chi connectivity index (χ2n) is 6.77. The van der Waals surface area contributed by atoms with E-state index >= 15 is 0 Å². The first kappa shape index (κ1) is 18.3. The number of ether oxygens (including phenoxy) is 1. The zero-order valence-electron chi connectivity index (χ0n) is 14.8. The van der Waals surface area contributed by atoms with Crippen LogP contribution < -0.4 is 10.1 Å². The number of benzene rings is 1. The monoisotopic (exact) mass is 319 g/mol. The Morgan fingerprint density at radius 3 is 2.78 bits per heavy atom. The molecular formula is C20H33NO2. The van der Waals surface area contributed by atoms with Crippen molar-refractivity contribution in [2.75, 3.05) is 13.2 Å². The fourth-order valence-corrected chi connectivity index (χ4v) is 3.20. The number of aliphatic hydroxyl groups is 1. The third-order valence-electron chi connectivity index (χ3n) is 4.74. The maximum Gasteiger partial charge on any atom is 0.122 e. The number of hydrogen-bond acceptors (Lipinski definition) is 3. The molecule has 1 aromatic rings. The van der Waals surface area contributed by atoms with E-state index in [2.05, 4.69) is 25.2 Å². The molecule has 1 aliphatic heterocycles. The fraction of sp³-hybridized carbons (Fsp3) is 0.700. The lowest BCUT2D eigenvalue weighted by Gasteiger charge is -2.23. The van der Waals surface area contributed by atoms with Gasteiger partial charge in [-0.25, -0.2) is 0 Å². The van der Waals surface area contributed by atoms with Gasteiger partial charge in [0, 0.05) is 6.04 Å². The molecular weight excluding hydrogens is 286 g/mol. The Bertz CT molecular complexity index is 461. The summed E-state index contributed by atoms with van der Waals surface area (Å²) in [6.45, 7) is 6.11. The Kier molecular flexibility index (Phi) is 7.90. The maximum absolute atomic E-state index is 10.6. The van der Waals surface area contributed by atoms with Crippen molar-refractivity contribution in [3.63, 3.8) is 0 Å². The Morgan fingerprint density at radius 2 is 1.96 bits per heavy atom. The minimum atomic E-state index is -0.456. The van der Waals surface area contributed by atoms with Gasteiger partial charge in [0.25, 0.3) is 0 Å². The molecule has 1 aliphatic rings. The molecule has 2 N–H and O–H groups in total. The van der Waals surface area contributed by atoms with E-state index < -0.39 is 6.10 Å². The van der Waals surface area contributed by atoms with Gasteiger partial charge < -0.3 is 15.2 Å². The Morgan fingerprint density at radius 1 is 1.17 bits per heavy atom. The number of unbranched alkanes of at least 4 members (excludes halogenated alkanes) is 5. The van der Waals surface area contributed by atoms with E-state index in [9.17, 15) is 5.11 Å². The lowest BCUT2D eigenvalue weighted by atomic mass is 9.97. The van der Waals surface area contributed by atoms with E-state index in [0.29, 0.717) is 0 Å². The molecule has 0 amide bonds. The van der Waals surface area contributed by atoms with Gasteiger partial charge in [0.1, 0.15) is 5.75 Å². The fourth-order valence-electron chi connectivity index (χ4n) is 3.20. The number of rotatable bonds is 10. The zero-order valence-corrected chi connectivity index (χ0v) is 14.8. The Labute approximate surface area is 141 Å². The SMILES string of the molecule is CCCCCCCCN[C@H](C)[C@@H](O)c1ccc2c(c1)CCCO2. The molecule has 2 atom stereocenters. The largest absolute Gasteiger partial charge is 0.493 e. The van der Waals surface area contributed by atoms with E-state index in [4.69, 9.17) is 4.74 Å². The summed E-state index contributed by atoms with van der Waals surface area (Å²) in [7, 11) is 0. The van der Waals surface area contributed by atoms with Gasteiger partial charge in [-0.1, -0.05) is 45.1 Å². The van der Waals surface area contributed by atoms with Gasteiger partial charge in [0.15, 0.2) is 0 Å². The third kappa shape index (κ3) is 5.82. The van der Waals surface area contributed by atoms with Crippen LogP contribution >= 0.6 is 0 Å². The molecule has 0 radical (unpaired) electrons. The highest BCUT2D eigenvalue weighted by Crippen LogP contribution is 2.28. The van der Waals surface area contributed by atoms with Gasteiger partial charge in [0.2, 0.25) is 0 Å². The molecule has 130 valence electrons. The molecule has 0 bridgehead atoms. The molecule has 1 heterocycles. The minimum absolute atomic E-state index is 0.0770. The number of hydrogen-bond donors (Lipinski definition) is 2. The van der Waals surface area contributed by atoms with Gasteiger partial charge in [-0.3, -0.25) is 0 Å². The average Bonchev–Trinajstić information content (AvgIpc) is 2.59. The highest BCUT2D eigenvalue weighted by molar-refractivity contribution is 5.39. The summed E-state index contributed by atoms with van der Waals surface area (Å²) in [4.78, 5) is 0. The quantitative estimate of drug-likeness (QED) is 0.629. The lowest BCUT2D eigenvalue weighted by Crippen LogP contribution is -2.33. The normalized spacial score (nSPS) is 16.5. The first-order valence-corrected chi connectivity index (χ1v) is 9.39. The van der Waals surface area contributed by atoms with Crippen molar-refractivity contribution in [2.45, 2.75) is 77.4 Å². The van der Waals surface area contributed by atoms with Crippen LogP contribution in [0.3, 0.4) is 0 Å². The van der Waals surface area contributed by atoms with Crippen LogP contribution in [0.1, 0.15) is 76.0 Å². The first-order valence-electron chi connectivity index (χ1n) is 9.39. The van der Waals surface area contributed by atoms with Crippen molar-refractivity contribution in [1.29, 1.82) is 0 Å². The highest BCUT2D eigenvalue weighted by atomic mass is 16.5. The number of nitrogens with one attached hydrogen (secondary N) is 1. The van der Waals surface area contributed by atoms with Crippen molar-refractivity contribution >= 4 is 0 Å². The van der Waals surface area contributed by atoms with Crippen LogP contribution in [0.2, 0.25) is 0 Å². The topological polar surface area (TPSA) is 41.5 Å². The Balaban J connectivity index is 1.73. The van der Waals surface area contributed by atoms with Crippen molar-refractivity contribution in [1.82, 2.24) is 5.32 Å². The van der Waals surface area contributed by atoms with Crippen LogP contribution in [0.25, 0.3) is 0 Å².